The molecule has 0 radical (unpaired) electrons. The van der Waals surface area contributed by atoms with Gasteiger partial charge in [0, 0.05) is 0 Å². The molecule has 0 heterocycles. The predicted molar refractivity (Wildman–Crippen MR) is 91.8 cm³/mol. The fraction of sp³-hybridized carbons (Fsp3) is 1.00. The molecule has 0 fully saturated rings. The lowest BCUT2D eigenvalue weighted by molar-refractivity contribution is 0.244. The summed E-state index contributed by atoms with van der Waals surface area (Å²) in [5, 5.41) is -0.521. The first-order valence-corrected chi connectivity index (χ1v) is 9.75. The number of rotatable bonds is 8. The molecule has 110 valence electrons. The average Bonchev–Trinajstić information content (AvgIpc) is 2.23. The van der Waals surface area contributed by atoms with Gasteiger partial charge in [0.05, 0.1) is 24.0 Å². The van der Waals surface area contributed by atoms with E-state index in [1.165, 1.54) is 0 Å². The maximum Gasteiger partial charge on any atom is 0.304 e. The van der Waals surface area contributed by atoms with Crippen LogP contribution in [-0.2, 0) is 19.7 Å². The summed E-state index contributed by atoms with van der Waals surface area (Å²) in [5.41, 5.74) is 0. The fourth-order valence-electron chi connectivity index (χ4n) is 0.517. The SMILES string of the molecule is CC(Cl)C(Br)(Br)COS(=O)OCC(Br)(Br)C(C)Cl. The van der Waals surface area contributed by atoms with Crippen LogP contribution in [0.15, 0.2) is 0 Å². The molecule has 0 spiro atoms. The van der Waals surface area contributed by atoms with Gasteiger partial charge >= 0.3 is 11.4 Å². The van der Waals surface area contributed by atoms with E-state index >= 15 is 0 Å². The van der Waals surface area contributed by atoms with Gasteiger partial charge in [-0.3, -0.25) is 8.37 Å². The molecule has 0 aromatic heterocycles. The van der Waals surface area contributed by atoms with Crippen LogP contribution in [0.25, 0.3) is 0 Å². The molecule has 3 nitrogen and oxygen atoms in total. The van der Waals surface area contributed by atoms with E-state index in [2.05, 4.69) is 63.7 Å². The number of hydrogen-bond acceptors (Lipinski definition) is 3. The second-order valence-corrected chi connectivity index (χ2v) is 13.5. The van der Waals surface area contributed by atoms with Crippen LogP contribution in [0, 0.1) is 0 Å². The molecular formula is C8H12Br4Cl2O3S. The zero-order valence-corrected chi connectivity index (χ0v) is 18.1. The lowest BCUT2D eigenvalue weighted by Gasteiger charge is -2.24. The van der Waals surface area contributed by atoms with E-state index in [4.69, 9.17) is 31.6 Å². The zero-order chi connectivity index (χ0) is 14.6. The molecule has 0 aromatic rings. The van der Waals surface area contributed by atoms with Crippen LogP contribution in [0.5, 0.6) is 0 Å². The van der Waals surface area contributed by atoms with Crippen molar-refractivity contribution in [2.75, 3.05) is 13.2 Å². The van der Waals surface area contributed by atoms with Crippen molar-refractivity contribution in [1.82, 2.24) is 0 Å². The first kappa shape index (κ1) is 20.6. The van der Waals surface area contributed by atoms with Crippen LogP contribution in [0.2, 0.25) is 0 Å². The van der Waals surface area contributed by atoms with Crippen LogP contribution >= 0.6 is 86.9 Å². The first-order valence-electron chi connectivity index (χ1n) is 4.71. The Balaban J connectivity index is 4.08. The Morgan fingerprint density at radius 2 is 1.28 bits per heavy atom. The van der Waals surface area contributed by atoms with Crippen LogP contribution in [-0.4, -0.2) is 34.6 Å². The Bertz CT molecular complexity index is 264. The molecular weight excluding hydrogens is 567 g/mol. The van der Waals surface area contributed by atoms with Gasteiger partial charge in [0.25, 0.3) is 0 Å². The van der Waals surface area contributed by atoms with Gasteiger partial charge in [-0.2, -0.15) is 4.21 Å². The molecule has 0 N–H and O–H groups in total. The highest BCUT2D eigenvalue weighted by Crippen LogP contribution is 2.35. The maximum absolute atomic E-state index is 11.5. The molecule has 0 aliphatic carbocycles. The Morgan fingerprint density at radius 1 is 1.00 bits per heavy atom. The molecule has 0 amide bonds. The van der Waals surface area contributed by atoms with Gasteiger partial charge in [-0.05, 0) is 13.8 Å². The quantitative estimate of drug-likeness (QED) is 0.388. The fourth-order valence-corrected chi connectivity index (χ4v) is 2.34. The molecule has 10 heteroatoms. The maximum atomic E-state index is 11.5. The lowest BCUT2D eigenvalue weighted by Crippen LogP contribution is -2.32. The summed E-state index contributed by atoms with van der Waals surface area (Å²) in [7, 11) is 0. The van der Waals surface area contributed by atoms with Crippen molar-refractivity contribution in [3.05, 3.63) is 0 Å². The number of halogens is 6. The van der Waals surface area contributed by atoms with Crippen molar-refractivity contribution in [3.8, 4) is 0 Å². The Morgan fingerprint density at radius 3 is 1.50 bits per heavy atom. The van der Waals surface area contributed by atoms with E-state index in [1.807, 2.05) is 0 Å². The smallest absolute Gasteiger partial charge is 0.266 e. The minimum absolute atomic E-state index is 0.0816. The van der Waals surface area contributed by atoms with Crippen LogP contribution in [0.1, 0.15) is 13.8 Å². The minimum atomic E-state index is -1.88. The van der Waals surface area contributed by atoms with Crippen molar-refractivity contribution < 1.29 is 12.6 Å². The van der Waals surface area contributed by atoms with Crippen molar-refractivity contribution in [2.45, 2.75) is 31.1 Å². The van der Waals surface area contributed by atoms with Gasteiger partial charge in [-0.15, -0.1) is 23.2 Å². The van der Waals surface area contributed by atoms with E-state index < -0.39 is 17.8 Å². The summed E-state index contributed by atoms with van der Waals surface area (Å²) in [6.07, 6.45) is 0. The van der Waals surface area contributed by atoms with E-state index in [-0.39, 0.29) is 24.0 Å². The van der Waals surface area contributed by atoms with Crippen LogP contribution in [0.3, 0.4) is 0 Å². The number of alkyl halides is 6. The summed E-state index contributed by atoms with van der Waals surface area (Å²) >= 11 is 23.2. The van der Waals surface area contributed by atoms with Gasteiger partial charge < -0.3 is 0 Å². The van der Waals surface area contributed by atoms with Crippen molar-refractivity contribution in [2.24, 2.45) is 0 Å². The molecule has 0 saturated heterocycles. The predicted octanol–water partition coefficient (Wildman–Crippen LogP) is 4.83. The molecule has 0 aliphatic heterocycles. The number of hydrogen-bond donors (Lipinski definition) is 0. The normalized spacial score (nSPS) is 18.4. The Labute approximate surface area is 153 Å². The second-order valence-electron chi connectivity index (χ2n) is 3.48. The van der Waals surface area contributed by atoms with Crippen LogP contribution < -0.4 is 0 Å². The highest BCUT2D eigenvalue weighted by molar-refractivity contribution is 9.25. The monoisotopic (exact) mass is 574 g/mol. The van der Waals surface area contributed by atoms with Crippen molar-refractivity contribution in [3.63, 3.8) is 0 Å². The summed E-state index contributed by atoms with van der Waals surface area (Å²) in [6, 6.07) is 0. The third-order valence-corrected chi connectivity index (χ3v) is 7.94. The van der Waals surface area contributed by atoms with Crippen molar-refractivity contribution >= 4 is 98.3 Å². The molecule has 0 aromatic carbocycles. The molecule has 0 aliphatic rings. The van der Waals surface area contributed by atoms with Gasteiger partial charge in [0.2, 0.25) is 0 Å². The van der Waals surface area contributed by atoms with E-state index in [0.29, 0.717) is 0 Å². The molecule has 2 atom stereocenters. The third-order valence-electron chi connectivity index (χ3n) is 1.86. The first-order chi connectivity index (χ1) is 7.99. The summed E-state index contributed by atoms with van der Waals surface area (Å²) < 4.78 is 20.2. The molecule has 0 rings (SSSR count). The second kappa shape index (κ2) is 8.88. The molecule has 2 unspecified atom stereocenters. The van der Waals surface area contributed by atoms with Gasteiger partial charge in [0.1, 0.15) is 6.47 Å². The van der Waals surface area contributed by atoms with E-state index in [0.717, 1.165) is 0 Å². The van der Waals surface area contributed by atoms with Gasteiger partial charge in [-0.25, -0.2) is 0 Å². The highest BCUT2D eigenvalue weighted by atomic mass is 79.9. The van der Waals surface area contributed by atoms with Gasteiger partial charge in [0.15, 0.2) is 0 Å². The largest absolute Gasteiger partial charge is 0.304 e. The lowest BCUT2D eigenvalue weighted by atomic mass is 10.3. The van der Waals surface area contributed by atoms with Crippen LogP contribution in [0.4, 0.5) is 0 Å². The zero-order valence-electron chi connectivity index (χ0n) is 9.47. The summed E-state index contributed by atoms with van der Waals surface area (Å²) in [6.45, 7) is 3.71. The Kier molecular flexibility index (Phi) is 10.1. The molecule has 18 heavy (non-hydrogen) atoms. The van der Waals surface area contributed by atoms with E-state index in [1.54, 1.807) is 13.8 Å². The average molecular weight is 579 g/mol. The summed E-state index contributed by atoms with van der Waals surface area (Å²) in [5.74, 6) is 0. The standard InChI is InChI=1S/C8H12Br4Cl2O3S/c1-5(13)7(9,10)3-16-18(15)17-4-8(11,12)6(2)14/h5-6H,3-4H2,1-2H3. The highest BCUT2D eigenvalue weighted by Gasteiger charge is 2.32. The third kappa shape index (κ3) is 8.12. The summed E-state index contributed by atoms with van der Waals surface area (Å²) in [4.78, 5) is 0. The van der Waals surface area contributed by atoms with Gasteiger partial charge in [-0.1, -0.05) is 63.7 Å². The topological polar surface area (TPSA) is 35.5 Å². The minimum Gasteiger partial charge on any atom is -0.266 e. The molecule has 0 bridgehead atoms. The molecule has 0 saturated carbocycles. The van der Waals surface area contributed by atoms with Crippen molar-refractivity contribution in [1.29, 1.82) is 0 Å². The van der Waals surface area contributed by atoms with E-state index in [9.17, 15) is 4.21 Å². The Hall–Kier alpha value is 2.57.